The number of hydrogen-bond donors (Lipinski definition) is 1. The van der Waals surface area contributed by atoms with Crippen molar-refractivity contribution in [3.63, 3.8) is 0 Å². The van der Waals surface area contributed by atoms with Crippen LogP contribution in [0, 0.1) is 5.92 Å². The number of rotatable bonds is 4. The maximum Gasteiger partial charge on any atom is 0.227 e. The zero-order chi connectivity index (χ0) is 13.1. The van der Waals surface area contributed by atoms with Crippen LogP contribution >= 0.6 is 0 Å². The summed E-state index contributed by atoms with van der Waals surface area (Å²) in [5.41, 5.74) is 6.33. The van der Waals surface area contributed by atoms with Crippen molar-refractivity contribution in [1.29, 1.82) is 0 Å². The van der Waals surface area contributed by atoms with Crippen LogP contribution in [0.2, 0.25) is 0 Å². The van der Waals surface area contributed by atoms with Crippen LogP contribution in [0.15, 0.2) is 18.2 Å². The molecule has 0 radical (unpaired) electrons. The van der Waals surface area contributed by atoms with Gasteiger partial charge in [-0.25, -0.2) is 0 Å². The van der Waals surface area contributed by atoms with Crippen LogP contribution in [0.1, 0.15) is 6.42 Å². The predicted octanol–water partition coefficient (Wildman–Crippen LogP) is 1.02. The fraction of sp³-hybridized carbons (Fsp3) is 0.462. The lowest BCUT2D eigenvalue weighted by molar-refractivity contribution is -0.117. The zero-order valence-corrected chi connectivity index (χ0v) is 10.7. The van der Waals surface area contributed by atoms with Crippen molar-refractivity contribution in [3.05, 3.63) is 18.2 Å². The molecule has 0 bridgehead atoms. The molecule has 1 aromatic rings. The SMILES string of the molecule is COc1cccc(OC)c1N1CC(CN)CC1=O. The third-order valence-corrected chi connectivity index (χ3v) is 3.21. The van der Waals surface area contributed by atoms with Gasteiger partial charge in [0, 0.05) is 13.0 Å². The summed E-state index contributed by atoms with van der Waals surface area (Å²) in [5, 5.41) is 0. The minimum atomic E-state index is 0.0632. The monoisotopic (exact) mass is 250 g/mol. The number of nitrogens with two attached hydrogens (primary N) is 1. The Morgan fingerprint density at radius 1 is 1.33 bits per heavy atom. The minimum absolute atomic E-state index is 0.0632. The van der Waals surface area contributed by atoms with Crippen LogP contribution < -0.4 is 20.1 Å². The van der Waals surface area contributed by atoms with Gasteiger partial charge in [0.15, 0.2) is 0 Å². The van der Waals surface area contributed by atoms with Crippen LogP contribution in [0.5, 0.6) is 11.5 Å². The first-order valence-electron chi connectivity index (χ1n) is 5.92. The first kappa shape index (κ1) is 12.7. The quantitative estimate of drug-likeness (QED) is 0.866. The highest BCUT2D eigenvalue weighted by molar-refractivity contribution is 5.98. The van der Waals surface area contributed by atoms with Crippen LogP contribution in [0.4, 0.5) is 5.69 Å². The summed E-state index contributed by atoms with van der Waals surface area (Å²) >= 11 is 0. The zero-order valence-electron chi connectivity index (χ0n) is 10.7. The van der Waals surface area contributed by atoms with E-state index >= 15 is 0 Å². The summed E-state index contributed by atoms with van der Waals surface area (Å²) in [6, 6.07) is 5.48. The summed E-state index contributed by atoms with van der Waals surface area (Å²) in [4.78, 5) is 13.7. The number of amides is 1. The van der Waals surface area contributed by atoms with E-state index in [0.29, 0.717) is 36.7 Å². The Hall–Kier alpha value is -1.75. The van der Waals surface area contributed by atoms with Gasteiger partial charge >= 0.3 is 0 Å². The van der Waals surface area contributed by atoms with Crippen molar-refractivity contribution in [1.82, 2.24) is 0 Å². The fourth-order valence-corrected chi connectivity index (χ4v) is 2.25. The highest BCUT2D eigenvalue weighted by atomic mass is 16.5. The number of nitrogens with zero attached hydrogens (tertiary/aromatic N) is 1. The topological polar surface area (TPSA) is 64.8 Å². The van der Waals surface area contributed by atoms with E-state index in [1.54, 1.807) is 19.1 Å². The molecule has 18 heavy (non-hydrogen) atoms. The molecule has 1 unspecified atom stereocenters. The first-order chi connectivity index (χ1) is 8.71. The van der Waals surface area contributed by atoms with E-state index in [1.807, 2.05) is 18.2 Å². The molecule has 5 heteroatoms. The van der Waals surface area contributed by atoms with Crippen LogP contribution in [-0.4, -0.2) is 33.2 Å². The molecule has 1 amide bonds. The van der Waals surface area contributed by atoms with Crippen molar-refractivity contribution in [2.75, 3.05) is 32.2 Å². The Morgan fingerprint density at radius 3 is 2.39 bits per heavy atom. The molecule has 0 saturated carbocycles. The average molecular weight is 250 g/mol. The Labute approximate surface area is 106 Å². The second kappa shape index (κ2) is 5.27. The molecule has 1 saturated heterocycles. The molecule has 0 spiro atoms. The number of hydrogen-bond acceptors (Lipinski definition) is 4. The molecule has 2 rings (SSSR count). The highest BCUT2D eigenvalue weighted by Crippen LogP contribution is 2.40. The van der Waals surface area contributed by atoms with Gasteiger partial charge < -0.3 is 20.1 Å². The van der Waals surface area contributed by atoms with Gasteiger partial charge in [-0.05, 0) is 24.6 Å². The van der Waals surface area contributed by atoms with Crippen molar-refractivity contribution >= 4 is 11.6 Å². The Balaban J connectivity index is 2.40. The van der Waals surface area contributed by atoms with Gasteiger partial charge in [-0.1, -0.05) is 6.07 Å². The Morgan fingerprint density at radius 2 is 1.94 bits per heavy atom. The number of carbonyl (C=O) groups is 1. The molecular weight excluding hydrogens is 232 g/mol. The predicted molar refractivity (Wildman–Crippen MR) is 69.1 cm³/mol. The molecule has 0 aliphatic carbocycles. The smallest absolute Gasteiger partial charge is 0.227 e. The number of anilines is 1. The van der Waals surface area contributed by atoms with Gasteiger partial charge in [-0.3, -0.25) is 4.79 Å². The average Bonchev–Trinajstić information content (AvgIpc) is 2.78. The van der Waals surface area contributed by atoms with Gasteiger partial charge in [0.2, 0.25) is 5.91 Å². The largest absolute Gasteiger partial charge is 0.494 e. The summed E-state index contributed by atoms with van der Waals surface area (Å²) in [6.45, 7) is 1.13. The lowest BCUT2D eigenvalue weighted by Crippen LogP contribution is -2.26. The second-order valence-electron chi connectivity index (χ2n) is 4.32. The molecule has 1 heterocycles. The second-order valence-corrected chi connectivity index (χ2v) is 4.32. The van der Waals surface area contributed by atoms with Gasteiger partial charge in [0.1, 0.15) is 17.2 Å². The lowest BCUT2D eigenvalue weighted by atomic mass is 10.1. The van der Waals surface area contributed by atoms with E-state index in [9.17, 15) is 4.79 Å². The molecule has 2 N–H and O–H groups in total. The van der Waals surface area contributed by atoms with E-state index in [0.717, 1.165) is 0 Å². The number of para-hydroxylation sites is 1. The van der Waals surface area contributed by atoms with Gasteiger partial charge in [-0.2, -0.15) is 0 Å². The van der Waals surface area contributed by atoms with E-state index in [-0.39, 0.29) is 11.8 Å². The maximum atomic E-state index is 12.0. The van der Waals surface area contributed by atoms with E-state index in [2.05, 4.69) is 0 Å². The fourth-order valence-electron chi connectivity index (χ4n) is 2.25. The van der Waals surface area contributed by atoms with Gasteiger partial charge in [-0.15, -0.1) is 0 Å². The van der Waals surface area contributed by atoms with Crippen LogP contribution in [0.25, 0.3) is 0 Å². The minimum Gasteiger partial charge on any atom is -0.494 e. The molecule has 1 atom stereocenters. The van der Waals surface area contributed by atoms with Gasteiger partial charge in [0.25, 0.3) is 0 Å². The maximum absolute atomic E-state index is 12.0. The standard InChI is InChI=1S/C13H18N2O3/c1-17-10-4-3-5-11(18-2)13(10)15-8-9(7-14)6-12(15)16/h3-5,9H,6-8,14H2,1-2H3. The molecular formula is C13H18N2O3. The number of benzene rings is 1. The summed E-state index contributed by atoms with van der Waals surface area (Å²) in [7, 11) is 3.17. The molecule has 1 aliphatic heterocycles. The van der Waals surface area contributed by atoms with Crippen molar-refractivity contribution in [3.8, 4) is 11.5 Å². The Bertz CT molecular complexity index is 426. The van der Waals surface area contributed by atoms with E-state index < -0.39 is 0 Å². The molecule has 1 fully saturated rings. The summed E-state index contributed by atoms with van der Waals surface area (Å²) < 4.78 is 10.6. The van der Waals surface area contributed by atoms with Crippen LogP contribution in [-0.2, 0) is 4.79 Å². The third-order valence-electron chi connectivity index (χ3n) is 3.21. The van der Waals surface area contributed by atoms with Crippen LogP contribution in [0.3, 0.4) is 0 Å². The van der Waals surface area contributed by atoms with E-state index in [1.165, 1.54) is 0 Å². The van der Waals surface area contributed by atoms with Crippen molar-refractivity contribution < 1.29 is 14.3 Å². The number of ether oxygens (including phenoxy) is 2. The lowest BCUT2D eigenvalue weighted by Gasteiger charge is -2.22. The van der Waals surface area contributed by atoms with Crippen molar-refractivity contribution in [2.45, 2.75) is 6.42 Å². The first-order valence-corrected chi connectivity index (χ1v) is 5.92. The molecule has 5 nitrogen and oxygen atoms in total. The van der Waals surface area contributed by atoms with Gasteiger partial charge in [0.05, 0.1) is 14.2 Å². The van der Waals surface area contributed by atoms with E-state index in [4.69, 9.17) is 15.2 Å². The molecule has 1 aliphatic rings. The molecule has 1 aromatic carbocycles. The number of carbonyl (C=O) groups excluding carboxylic acids is 1. The third kappa shape index (κ3) is 2.13. The molecule has 0 aromatic heterocycles. The molecule has 98 valence electrons. The number of methoxy groups -OCH3 is 2. The Kier molecular flexibility index (Phi) is 3.72. The normalized spacial score (nSPS) is 19.2. The van der Waals surface area contributed by atoms with Crippen molar-refractivity contribution in [2.24, 2.45) is 11.7 Å². The highest BCUT2D eigenvalue weighted by Gasteiger charge is 2.33. The summed E-state index contributed by atoms with van der Waals surface area (Å²) in [5.74, 6) is 1.54. The summed E-state index contributed by atoms with van der Waals surface area (Å²) in [6.07, 6.45) is 0.484.